The zero-order chi connectivity index (χ0) is 12.7. The number of hydrogen-bond donors (Lipinski definition) is 4. The Morgan fingerprint density at radius 3 is 2.65 bits per heavy atom. The molecular formula is C10H19N3O4. The summed E-state index contributed by atoms with van der Waals surface area (Å²) in [5.41, 5.74) is 5.30. The van der Waals surface area contributed by atoms with Crippen LogP contribution in [-0.2, 0) is 9.53 Å². The van der Waals surface area contributed by atoms with Gasteiger partial charge in [0, 0.05) is 25.8 Å². The molecule has 0 saturated carbocycles. The van der Waals surface area contributed by atoms with E-state index >= 15 is 0 Å². The van der Waals surface area contributed by atoms with Crippen LogP contribution in [-0.4, -0.2) is 48.9 Å². The maximum absolute atomic E-state index is 11.4. The second-order valence-electron chi connectivity index (χ2n) is 4.02. The Kier molecular flexibility index (Phi) is 5.71. The van der Waals surface area contributed by atoms with Crippen molar-refractivity contribution in [3.63, 3.8) is 0 Å². The van der Waals surface area contributed by atoms with E-state index in [2.05, 4.69) is 10.6 Å². The summed E-state index contributed by atoms with van der Waals surface area (Å²) in [5, 5.41) is 13.9. The van der Waals surface area contributed by atoms with Gasteiger partial charge in [-0.15, -0.1) is 0 Å². The van der Waals surface area contributed by atoms with Crippen LogP contribution in [0.2, 0.25) is 0 Å². The molecule has 1 atom stereocenters. The first kappa shape index (κ1) is 13.7. The standard InChI is InChI=1S/C10H19N3O4/c11-8(9(14)15)1-4-12-10(16)13-7-2-5-17-6-3-7/h7-8H,1-6,11H2,(H,14,15)(H2,12,13,16). The lowest BCUT2D eigenvalue weighted by Crippen LogP contribution is -2.45. The molecule has 0 aromatic rings. The smallest absolute Gasteiger partial charge is 0.320 e. The Bertz CT molecular complexity index is 266. The molecule has 0 radical (unpaired) electrons. The van der Waals surface area contributed by atoms with Gasteiger partial charge in [-0.3, -0.25) is 4.79 Å². The first-order valence-electron chi connectivity index (χ1n) is 5.70. The van der Waals surface area contributed by atoms with Gasteiger partial charge in [-0.25, -0.2) is 4.79 Å². The topological polar surface area (TPSA) is 114 Å². The van der Waals surface area contributed by atoms with Crippen molar-refractivity contribution in [1.29, 1.82) is 0 Å². The van der Waals surface area contributed by atoms with Crippen LogP contribution in [0, 0.1) is 0 Å². The summed E-state index contributed by atoms with van der Waals surface area (Å²) in [6, 6.07) is -1.08. The van der Waals surface area contributed by atoms with Crippen molar-refractivity contribution >= 4 is 12.0 Å². The van der Waals surface area contributed by atoms with Crippen molar-refractivity contribution in [2.75, 3.05) is 19.8 Å². The van der Waals surface area contributed by atoms with Crippen LogP contribution in [0.1, 0.15) is 19.3 Å². The molecule has 2 amide bonds. The molecule has 1 heterocycles. The Morgan fingerprint density at radius 1 is 1.41 bits per heavy atom. The second kappa shape index (κ2) is 7.08. The third-order valence-electron chi connectivity index (χ3n) is 2.61. The third-order valence-corrected chi connectivity index (χ3v) is 2.61. The van der Waals surface area contributed by atoms with Crippen molar-refractivity contribution in [2.45, 2.75) is 31.3 Å². The van der Waals surface area contributed by atoms with Gasteiger partial charge < -0.3 is 26.2 Å². The molecule has 7 heteroatoms. The van der Waals surface area contributed by atoms with E-state index in [9.17, 15) is 9.59 Å². The number of rotatable bonds is 5. The van der Waals surface area contributed by atoms with Crippen LogP contribution in [0.3, 0.4) is 0 Å². The van der Waals surface area contributed by atoms with E-state index in [4.69, 9.17) is 15.6 Å². The summed E-state index contributed by atoms with van der Waals surface area (Å²) in [5.74, 6) is -1.06. The molecule has 1 unspecified atom stereocenters. The minimum Gasteiger partial charge on any atom is -0.480 e. The van der Waals surface area contributed by atoms with E-state index in [-0.39, 0.29) is 25.0 Å². The molecule has 5 N–H and O–H groups in total. The lowest BCUT2D eigenvalue weighted by Gasteiger charge is -2.23. The Hall–Kier alpha value is -1.34. The zero-order valence-corrected chi connectivity index (χ0v) is 9.65. The number of nitrogens with two attached hydrogens (primary N) is 1. The fourth-order valence-corrected chi connectivity index (χ4v) is 1.54. The highest BCUT2D eigenvalue weighted by Gasteiger charge is 2.16. The molecule has 7 nitrogen and oxygen atoms in total. The van der Waals surface area contributed by atoms with E-state index in [1.54, 1.807) is 0 Å². The van der Waals surface area contributed by atoms with Gasteiger partial charge in [-0.2, -0.15) is 0 Å². The monoisotopic (exact) mass is 245 g/mol. The maximum Gasteiger partial charge on any atom is 0.320 e. The van der Waals surface area contributed by atoms with Crippen LogP contribution < -0.4 is 16.4 Å². The number of ether oxygens (including phenoxy) is 1. The molecule has 1 aliphatic rings. The molecule has 0 bridgehead atoms. The van der Waals surface area contributed by atoms with Crippen LogP contribution in [0.15, 0.2) is 0 Å². The van der Waals surface area contributed by atoms with E-state index in [1.807, 2.05) is 0 Å². The molecule has 1 saturated heterocycles. The minimum absolute atomic E-state index is 0.136. The quantitative estimate of drug-likeness (QED) is 0.510. The number of aliphatic carboxylic acids is 1. The number of carboxylic acids is 1. The maximum atomic E-state index is 11.4. The SMILES string of the molecule is NC(CCNC(=O)NC1CCOCC1)C(=O)O. The summed E-state index contributed by atoms with van der Waals surface area (Å²) in [6.07, 6.45) is 1.83. The number of hydrogen-bond acceptors (Lipinski definition) is 4. The first-order valence-corrected chi connectivity index (χ1v) is 5.70. The summed E-state index contributed by atoms with van der Waals surface area (Å²) >= 11 is 0. The van der Waals surface area contributed by atoms with Gasteiger partial charge in [0.2, 0.25) is 0 Å². The lowest BCUT2D eigenvalue weighted by atomic mass is 10.1. The van der Waals surface area contributed by atoms with Crippen LogP contribution in [0.25, 0.3) is 0 Å². The number of urea groups is 1. The molecule has 0 aromatic heterocycles. The molecule has 0 spiro atoms. The fraction of sp³-hybridized carbons (Fsp3) is 0.800. The lowest BCUT2D eigenvalue weighted by molar-refractivity contribution is -0.138. The van der Waals surface area contributed by atoms with Gasteiger partial charge >= 0.3 is 12.0 Å². The van der Waals surface area contributed by atoms with E-state index in [0.717, 1.165) is 12.8 Å². The first-order chi connectivity index (χ1) is 8.09. The van der Waals surface area contributed by atoms with Gasteiger partial charge in [0.1, 0.15) is 6.04 Å². The van der Waals surface area contributed by atoms with Crippen molar-refractivity contribution in [2.24, 2.45) is 5.73 Å². The van der Waals surface area contributed by atoms with Gasteiger partial charge in [0.05, 0.1) is 0 Å². The van der Waals surface area contributed by atoms with Crippen LogP contribution in [0.5, 0.6) is 0 Å². The summed E-state index contributed by atoms with van der Waals surface area (Å²) in [7, 11) is 0. The van der Waals surface area contributed by atoms with Gasteiger partial charge in [0.25, 0.3) is 0 Å². The third kappa shape index (κ3) is 5.50. The Labute approximate surface area is 99.7 Å². The average Bonchev–Trinajstić information content (AvgIpc) is 2.30. The van der Waals surface area contributed by atoms with Crippen molar-refractivity contribution in [1.82, 2.24) is 10.6 Å². The molecule has 1 fully saturated rings. The highest BCUT2D eigenvalue weighted by molar-refractivity contribution is 5.75. The molecule has 0 aromatic carbocycles. The van der Waals surface area contributed by atoms with E-state index < -0.39 is 12.0 Å². The molecule has 0 aliphatic carbocycles. The second-order valence-corrected chi connectivity index (χ2v) is 4.02. The minimum atomic E-state index is -1.06. The predicted octanol–water partition coefficient (Wildman–Crippen LogP) is -0.733. The number of carboxylic acid groups (broad SMARTS) is 1. The van der Waals surface area contributed by atoms with Gasteiger partial charge in [-0.1, -0.05) is 0 Å². The average molecular weight is 245 g/mol. The van der Waals surface area contributed by atoms with Crippen molar-refractivity contribution < 1.29 is 19.4 Å². The molecule has 98 valence electrons. The summed E-state index contributed by atoms with van der Waals surface area (Å²) in [4.78, 5) is 21.8. The summed E-state index contributed by atoms with van der Waals surface area (Å²) < 4.78 is 5.17. The number of carbonyl (C=O) groups excluding carboxylic acids is 1. The predicted molar refractivity (Wildman–Crippen MR) is 60.6 cm³/mol. The van der Waals surface area contributed by atoms with Crippen LogP contribution >= 0.6 is 0 Å². The fourth-order valence-electron chi connectivity index (χ4n) is 1.54. The van der Waals surface area contributed by atoms with E-state index in [0.29, 0.717) is 13.2 Å². The summed E-state index contributed by atoms with van der Waals surface area (Å²) in [6.45, 7) is 1.58. The molecule has 17 heavy (non-hydrogen) atoms. The number of carbonyl (C=O) groups is 2. The molecule has 1 rings (SSSR count). The number of nitrogens with one attached hydrogen (secondary N) is 2. The largest absolute Gasteiger partial charge is 0.480 e. The number of amides is 2. The highest BCUT2D eigenvalue weighted by Crippen LogP contribution is 2.05. The molecular weight excluding hydrogens is 226 g/mol. The van der Waals surface area contributed by atoms with E-state index in [1.165, 1.54) is 0 Å². The normalized spacial score (nSPS) is 18.4. The zero-order valence-electron chi connectivity index (χ0n) is 9.65. The Morgan fingerprint density at radius 2 is 2.06 bits per heavy atom. The molecule has 1 aliphatic heterocycles. The Balaban J connectivity index is 2.10. The van der Waals surface area contributed by atoms with Gasteiger partial charge in [0.15, 0.2) is 0 Å². The van der Waals surface area contributed by atoms with Crippen LogP contribution in [0.4, 0.5) is 4.79 Å². The highest BCUT2D eigenvalue weighted by atomic mass is 16.5. The van der Waals surface area contributed by atoms with Crippen molar-refractivity contribution in [3.05, 3.63) is 0 Å². The van der Waals surface area contributed by atoms with Crippen molar-refractivity contribution in [3.8, 4) is 0 Å². The van der Waals surface area contributed by atoms with Gasteiger partial charge in [-0.05, 0) is 19.3 Å².